The van der Waals surface area contributed by atoms with Crippen molar-refractivity contribution in [1.82, 2.24) is 0 Å². The maximum atomic E-state index is 12.8. The quantitative estimate of drug-likeness (QED) is 0.711. The van der Waals surface area contributed by atoms with Crippen molar-refractivity contribution in [3.63, 3.8) is 0 Å². The van der Waals surface area contributed by atoms with Crippen molar-refractivity contribution in [3.8, 4) is 0 Å². The van der Waals surface area contributed by atoms with E-state index >= 15 is 0 Å². The van der Waals surface area contributed by atoms with E-state index in [2.05, 4.69) is 0 Å². The average Bonchev–Trinajstić information content (AvgIpc) is 2.83. The molecule has 1 saturated carbocycles. The molecule has 0 radical (unpaired) electrons. The lowest BCUT2D eigenvalue weighted by atomic mass is 10.1. The van der Waals surface area contributed by atoms with Crippen LogP contribution in [0.5, 0.6) is 0 Å². The Hall–Kier alpha value is -0.890. The minimum Gasteiger partial charge on any atom is -0.330 e. The number of hydrogen-bond donors (Lipinski definition) is 1. The van der Waals surface area contributed by atoms with E-state index in [-0.39, 0.29) is 5.82 Å². The van der Waals surface area contributed by atoms with Crippen LogP contribution in [0.25, 0.3) is 0 Å². The molecule has 2 heteroatoms. The van der Waals surface area contributed by atoms with Gasteiger partial charge in [-0.25, -0.2) is 4.39 Å². The predicted octanol–water partition coefficient (Wildman–Crippen LogP) is 1.89. The van der Waals surface area contributed by atoms with Gasteiger partial charge < -0.3 is 5.73 Å². The molecule has 0 amide bonds. The minimum atomic E-state index is -0.143. The highest BCUT2D eigenvalue weighted by molar-refractivity contribution is 5.26. The molecule has 1 aromatic rings. The zero-order valence-electron chi connectivity index (χ0n) is 6.83. The van der Waals surface area contributed by atoms with Crippen LogP contribution >= 0.6 is 0 Å². The SMILES string of the molecule is NC[C@@H]1CC1c1cccc(F)c1. The van der Waals surface area contributed by atoms with Gasteiger partial charge in [0.05, 0.1) is 0 Å². The second kappa shape index (κ2) is 2.87. The Balaban J connectivity index is 2.14. The van der Waals surface area contributed by atoms with Gasteiger partial charge in [-0.2, -0.15) is 0 Å². The third-order valence-electron chi connectivity index (χ3n) is 2.50. The molecule has 12 heavy (non-hydrogen) atoms. The van der Waals surface area contributed by atoms with Gasteiger partial charge in [0.2, 0.25) is 0 Å². The van der Waals surface area contributed by atoms with E-state index in [0.29, 0.717) is 11.8 Å². The Morgan fingerprint density at radius 3 is 2.92 bits per heavy atom. The number of nitrogens with two attached hydrogens (primary N) is 1. The summed E-state index contributed by atoms with van der Waals surface area (Å²) >= 11 is 0. The monoisotopic (exact) mass is 165 g/mol. The van der Waals surface area contributed by atoms with Crippen molar-refractivity contribution in [3.05, 3.63) is 35.6 Å². The van der Waals surface area contributed by atoms with E-state index in [1.165, 1.54) is 6.07 Å². The van der Waals surface area contributed by atoms with Gasteiger partial charge in [-0.05, 0) is 42.5 Å². The molecular weight excluding hydrogens is 153 g/mol. The fourth-order valence-corrected chi connectivity index (χ4v) is 1.65. The van der Waals surface area contributed by atoms with E-state index < -0.39 is 0 Å². The van der Waals surface area contributed by atoms with Gasteiger partial charge in [0.15, 0.2) is 0 Å². The van der Waals surface area contributed by atoms with E-state index in [0.717, 1.165) is 18.5 Å². The molecule has 64 valence electrons. The summed E-state index contributed by atoms with van der Waals surface area (Å²) in [6.07, 6.45) is 1.12. The van der Waals surface area contributed by atoms with Gasteiger partial charge in [-0.3, -0.25) is 0 Å². The van der Waals surface area contributed by atoms with Crippen LogP contribution < -0.4 is 5.73 Å². The Bertz CT molecular complexity index is 285. The topological polar surface area (TPSA) is 26.0 Å². The Morgan fingerprint density at radius 1 is 1.50 bits per heavy atom. The average molecular weight is 165 g/mol. The lowest BCUT2D eigenvalue weighted by Gasteiger charge is -1.98. The highest BCUT2D eigenvalue weighted by Gasteiger charge is 2.36. The summed E-state index contributed by atoms with van der Waals surface area (Å²) in [7, 11) is 0. The lowest BCUT2D eigenvalue weighted by molar-refractivity contribution is 0.624. The summed E-state index contributed by atoms with van der Waals surface area (Å²) in [5, 5.41) is 0. The summed E-state index contributed by atoms with van der Waals surface area (Å²) in [4.78, 5) is 0. The number of hydrogen-bond acceptors (Lipinski definition) is 1. The number of rotatable bonds is 2. The van der Waals surface area contributed by atoms with Gasteiger partial charge >= 0.3 is 0 Å². The smallest absolute Gasteiger partial charge is 0.123 e. The van der Waals surface area contributed by atoms with E-state index in [1.54, 1.807) is 12.1 Å². The molecule has 0 spiro atoms. The van der Waals surface area contributed by atoms with E-state index in [4.69, 9.17) is 5.73 Å². The first-order valence-corrected chi connectivity index (χ1v) is 4.27. The van der Waals surface area contributed by atoms with Crippen molar-refractivity contribution >= 4 is 0 Å². The summed E-state index contributed by atoms with van der Waals surface area (Å²) in [6.45, 7) is 0.723. The molecule has 1 fully saturated rings. The molecule has 1 nitrogen and oxygen atoms in total. The normalized spacial score (nSPS) is 27.2. The van der Waals surface area contributed by atoms with Crippen molar-refractivity contribution in [2.24, 2.45) is 11.7 Å². The van der Waals surface area contributed by atoms with Crippen LogP contribution in [0.1, 0.15) is 17.9 Å². The first kappa shape index (κ1) is 7.74. The predicted molar refractivity (Wildman–Crippen MR) is 46.3 cm³/mol. The maximum absolute atomic E-state index is 12.8. The molecule has 1 aromatic carbocycles. The molecule has 0 heterocycles. The Morgan fingerprint density at radius 2 is 2.33 bits per heavy atom. The third-order valence-corrected chi connectivity index (χ3v) is 2.50. The molecule has 1 aliphatic carbocycles. The van der Waals surface area contributed by atoms with Crippen LogP contribution in [-0.4, -0.2) is 6.54 Å². The second-order valence-corrected chi connectivity index (χ2v) is 3.39. The van der Waals surface area contributed by atoms with E-state index in [1.807, 2.05) is 6.07 Å². The maximum Gasteiger partial charge on any atom is 0.123 e. The van der Waals surface area contributed by atoms with Gasteiger partial charge in [0, 0.05) is 0 Å². The minimum absolute atomic E-state index is 0.143. The molecule has 0 saturated heterocycles. The lowest BCUT2D eigenvalue weighted by Crippen LogP contribution is -2.01. The summed E-state index contributed by atoms with van der Waals surface area (Å²) < 4.78 is 12.8. The van der Waals surface area contributed by atoms with Crippen LogP contribution in [0.15, 0.2) is 24.3 Å². The molecule has 0 bridgehead atoms. The van der Waals surface area contributed by atoms with Gasteiger partial charge in [-0.1, -0.05) is 12.1 Å². The Labute approximate surface area is 71.4 Å². The highest BCUT2D eigenvalue weighted by atomic mass is 19.1. The first-order chi connectivity index (χ1) is 5.81. The standard InChI is InChI=1S/C10H12FN/c11-9-3-1-2-7(4-9)10-5-8(10)6-12/h1-4,8,10H,5-6,12H2/t8-,10?/m0/s1. The van der Waals surface area contributed by atoms with Crippen molar-refractivity contribution < 1.29 is 4.39 Å². The molecule has 0 aromatic heterocycles. The van der Waals surface area contributed by atoms with Crippen LogP contribution in [0.2, 0.25) is 0 Å². The molecular formula is C10H12FN. The number of halogens is 1. The summed E-state index contributed by atoms with van der Waals surface area (Å²) in [6, 6.07) is 6.82. The first-order valence-electron chi connectivity index (χ1n) is 4.27. The van der Waals surface area contributed by atoms with Gasteiger partial charge in [-0.15, -0.1) is 0 Å². The summed E-state index contributed by atoms with van der Waals surface area (Å²) in [5.74, 6) is 0.965. The zero-order valence-corrected chi connectivity index (χ0v) is 6.83. The molecule has 0 aliphatic heterocycles. The van der Waals surface area contributed by atoms with Crippen LogP contribution in [-0.2, 0) is 0 Å². The van der Waals surface area contributed by atoms with Gasteiger partial charge in [0.25, 0.3) is 0 Å². The molecule has 2 rings (SSSR count). The third kappa shape index (κ3) is 1.34. The fourth-order valence-electron chi connectivity index (χ4n) is 1.65. The van der Waals surface area contributed by atoms with Crippen LogP contribution in [0.4, 0.5) is 4.39 Å². The fraction of sp³-hybridized carbons (Fsp3) is 0.400. The zero-order chi connectivity index (χ0) is 8.55. The van der Waals surface area contributed by atoms with Gasteiger partial charge in [0.1, 0.15) is 5.82 Å². The second-order valence-electron chi connectivity index (χ2n) is 3.39. The molecule has 2 N–H and O–H groups in total. The number of benzene rings is 1. The Kier molecular flexibility index (Phi) is 1.85. The molecule has 2 atom stereocenters. The van der Waals surface area contributed by atoms with Crippen molar-refractivity contribution in [2.45, 2.75) is 12.3 Å². The van der Waals surface area contributed by atoms with Crippen molar-refractivity contribution in [2.75, 3.05) is 6.54 Å². The molecule has 1 aliphatic rings. The largest absolute Gasteiger partial charge is 0.330 e. The highest BCUT2D eigenvalue weighted by Crippen LogP contribution is 2.46. The summed E-state index contributed by atoms with van der Waals surface area (Å²) in [5.41, 5.74) is 6.61. The van der Waals surface area contributed by atoms with Crippen molar-refractivity contribution in [1.29, 1.82) is 0 Å². The van der Waals surface area contributed by atoms with E-state index in [9.17, 15) is 4.39 Å². The molecule has 1 unspecified atom stereocenters. The van der Waals surface area contributed by atoms with Crippen LogP contribution in [0.3, 0.4) is 0 Å². The van der Waals surface area contributed by atoms with Crippen LogP contribution in [0, 0.1) is 11.7 Å².